The highest BCUT2D eigenvalue weighted by Crippen LogP contribution is 2.43. The van der Waals surface area contributed by atoms with Gasteiger partial charge in [0, 0.05) is 50.1 Å². The summed E-state index contributed by atoms with van der Waals surface area (Å²) in [5.74, 6) is 1.37. The minimum atomic E-state index is -0.176. The van der Waals surface area contributed by atoms with Crippen molar-refractivity contribution in [3.8, 4) is 0 Å². The third-order valence-corrected chi connectivity index (χ3v) is 6.95. The quantitative estimate of drug-likeness (QED) is 0.569. The summed E-state index contributed by atoms with van der Waals surface area (Å²) >= 11 is 0. The van der Waals surface area contributed by atoms with Crippen LogP contribution in [-0.4, -0.2) is 59.5 Å². The Hall–Kier alpha value is -1.36. The highest BCUT2D eigenvalue weighted by atomic mass is 16.5. The fraction of sp³-hybridized carbons (Fsp3) is 0.800. The summed E-state index contributed by atoms with van der Waals surface area (Å²) in [4.78, 5) is 29.3. The fourth-order valence-corrected chi connectivity index (χ4v) is 5.52. The van der Waals surface area contributed by atoms with Gasteiger partial charge in [0.1, 0.15) is 6.10 Å². The number of nitrogens with zero attached hydrogens (tertiary/aromatic N) is 2. The minimum absolute atomic E-state index is 0.0231. The van der Waals surface area contributed by atoms with E-state index in [0.29, 0.717) is 35.4 Å². The molecule has 0 aromatic carbocycles. The number of carbonyl (C=O) groups excluding carboxylic acids is 2. The van der Waals surface area contributed by atoms with Crippen LogP contribution in [0.25, 0.3) is 0 Å². The predicted octanol–water partition coefficient (Wildman–Crippen LogP) is 2.36. The second-order valence-corrected chi connectivity index (χ2v) is 8.35. The Morgan fingerprint density at radius 3 is 2.76 bits per heavy atom. The third kappa shape index (κ3) is 3.12. The molecule has 4 saturated heterocycles. The van der Waals surface area contributed by atoms with Gasteiger partial charge in [0.2, 0.25) is 5.91 Å². The molecule has 1 amide bonds. The van der Waals surface area contributed by atoms with Gasteiger partial charge in [0.25, 0.3) is 0 Å². The van der Waals surface area contributed by atoms with Gasteiger partial charge in [-0.15, -0.1) is 0 Å². The number of fused-ring (bicyclic) bond motifs is 6. The van der Waals surface area contributed by atoms with Crippen molar-refractivity contribution in [2.45, 2.75) is 70.6 Å². The van der Waals surface area contributed by atoms with E-state index in [9.17, 15) is 9.59 Å². The van der Waals surface area contributed by atoms with Crippen molar-refractivity contribution in [1.82, 2.24) is 9.80 Å². The number of piperidine rings is 4. The van der Waals surface area contributed by atoms with Crippen LogP contribution >= 0.6 is 0 Å². The van der Waals surface area contributed by atoms with Crippen molar-refractivity contribution >= 4 is 11.9 Å². The van der Waals surface area contributed by atoms with Gasteiger partial charge in [-0.3, -0.25) is 9.69 Å². The topological polar surface area (TPSA) is 49.9 Å². The largest absolute Gasteiger partial charge is 0.459 e. The first-order valence-electron chi connectivity index (χ1n) is 9.94. The van der Waals surface area contributed by atoms with Gasteiger partial charge in [0.05, 0.1) is 0 Å². The average molecular weight is 346 g/mol. The van der Waals surface area contributed by atoms with Crippen LogP contribution in [0.3, 0.4) is 0 Å². The monoisotopic (exact) mass is 346 g/mol. The van der Waals surface area contributed by atoms with Gasteiger partial charge in [-0.05, 0) is 51.4 Å². The number of rotatable bonds is 2. The Morgan fingerprint density at radius 1 is 1.16 bits per heavy atom. The first-order chi connectivity index (χ1) is 12.1. The van der Waals surface area contributed by atoms with Crippen molar-refractivity contribution in [3.05, 3.63) is 11.6 Å². The number of allylic oxidation sites excluding steroid dienone is 1. The van der Waals surface area contributed by atoms with E-state index in [-0.39, 0.29) is 12.1 Å². The number of carbonyl (C=O) groups is 2. The normalized spacial score (nSPS) is 38.8. The van der Waals surface area contributed by atoms with Crippen molar-refractivity contribution in [2.75, 3.05) is 19.6 Å². The molecule has 4 aliphatic rings. The molecule has 0 aromatic rings. The molecule has 2 unspecified atom stereocenters. The molecule has 4 aliphatic heterocycles. The predicted molar refractivity (Wildman–Crippen MR) is 94.9 cm³/mol. The number of hydrogen-bond acceptors (Lipinski definition) is 4. The Balaban J connectivity index is 1.44. The SMILES string of the molecule is C/C=C(\C)C(=O)O[C@@H]1CCN2C[C@H]3C[C@@H](CN4C(=O)CCCC34)C2C1. The average Bonchev–Trinajstić information content (AvgIpc) is 2.62. The van der Waals surface area contributed by atoms with Gasteiger partial charge in [-0.2, -0.15) is 0 Å². The van der Waals surface area contributed by atoms with Crippen LogP contribution in [0.5, 0.6) is 0 Å². The lowest BCUT2D eigenvalue weighted by atomic mass is 9.70. The zero-order valence-corrected chi connectivity index (χ0v) is 15.4. The van der Waals surface area contributed by atoms with Gasteiger partial charge < -0.3 is 9.64 Å². The smallest absolute Gasteiger partial charge is 0.333 e. The molecule has 0 saturated carbocycles. The molecule has 5 nitrogen and oxygen atoms in total. The number of amides is 1. The Morgan fingerprint density at radius 2 is 1.96 bits per heavy atom. The molecule has 5 heteroatoms. The van der Waals surface area contributed by atoms with Crippen LogP contribution in [-0.2, 0) is 14.3 Å². The molecule has 0 aliphatic carbocycles. The maximum Gasteiger partial charge on any atom is 0.333 e. The van der Waals surface area contributed by atoms with E-state index in [4.69, 9.17) is 4.74 Å². The Kier molecular flexibility index (Phi) is 4.61. The molecule has 5 atom stereocenters. The zero-order valence-electron chi connectivity index (χ0n) is 15.4. The zero-order chi connectivity index (χ0) is 17.6. The lowest BCUT2D eigenvalue weighted by Crippen LogP contribution is -2.65. The van der Waals surface area contributed by atoms with Crippen LogP contribution in [0.4, 0.5) is 0 Å². The summed E-state index contributed by atoms with van der Waals surface area (Å²) < 4.78 is 5.74. The molecule has 4 rings (SSSR count). The number of hydrogen-bond donors (Lipinski definition) is 0. The molecular formula is C20H30N2O3. The van der Waals surface area contributed by atoms with Crippen LogP contribution in [0, 0.1) is 11.8 Å². The van der Waals surface area contributed by atoms with E-state index in [0.717, 1.165) is 45.3 Å². The molecule has 25 heavy (non-hydrogen) atoms. The first-order valence-corrected chi connectivity index (χ1v) is 9.94. The van der Waals surface area contributed by atoms with Crippen molar-refractivity contribution in [3.63, 3.8) is 0 Å². The molecule has 4 heterocycles. The molecule has 0 N–H and O–H groups in total. The second kappa shape index (κ2) is 6.75. The standard InChI is InChI=1S/C20H30N2O3/c1-3-13(2)20(24)25-16-7-8-21-11-14-9-15(18(21)10-16)12-22-17(14)5-4-6-19(22)23/h3,14-18H,4-12H2,1-2H3/b13-3+/t14-,15+,16-,17?,18?/m1/s1. The fourth-order valence-electron chi connectivity index (χ4n) is 5.52. The summed E-state index contributed by atoms with van der Waals surface area (Å²) in [6.45, 7) is 6.73. The highest BCUT2D eigenvalue weighted by Gasteiger charge is 2.49. The molecule has 138 valence electrons. The minimum Gasteiger partial charge on any atom is -0.459 e. The molecule has 0 aromatic heterocycles. The summed E-state index contributed by atoms with van der Waals surface area (Å²) in [6, 6.07) is 0.940. The Labute approximate surface area is 150 Å². The van der Waals surface area contributed by atoms with E-state index in [2.05, 4.69) is 9.80 Å². The molecule has 0 spiro atoms. The molecule has 2 bridgehead atoms. The number of ether oxygens (including phenoxy) is 1. The summed E-state index contributed by atoms with van der Waals surface area (Å²) in [5.41, 5.74) is 0.686. The molecule has 4 fully saturated rings. The van der Waals surface area contributed by atoms with Crippen molar-refractivity contribution in [1.29, 1.82) is 0 Å². The van der Waals surface area contributed by atoms with Crippen LogP contribution in [0.2, 0.25) is 0 Å². The van der Waals surface area contributed by atoms with Gasteiger partial charge in [-0.25, -0.2) is 4.79 Å². The van der Waals surface area contributed by atoms with Crippen molar-refractivity contribution < 1.29 is 14.3 Å². The lowest BCUT2D eigenvalue weighted by Gasteiger charge is -2.57. The maximum atomic E-state index is 12.4. The van der Waals surface area contributed by atoms with Crippen LogP contribution in [0.1, 0.15) is 52.4 Å². The highest BCUT2D eigenvalue weighted by molar-refractivity contribution is 5.87. The van der Waals surface area contributed by atoms with Crippen LogP contribution in [0.15, 0.2) is 11.6 Å². The summed E-state index contributed by atoms with van der Waals surface area (Å²) in [7, 11) is 0. The van der Waals surface area contributed by atoms with Crippen LogP contribution < -0.4 is 0 Å². The van der Waals surface area contributed by atoms with Gasteiger partial charge in [0.15, 0.2) is 0 Å². The van der Waals surface area contributed by atoms with E-state index in [1.807, 2.05) is 19.9 Å². The van der Waals surface area contributed by atoms with Gasteiger partial charge >= 0.3 is 5.97 Å². The van der Waals surface area contributed by atoms with Gasteiger partial charge in [-0.1, -0.05) is 6.08 Å². The maximum absolute atomic E-state index is 12.4. The lowest BCUT2D eigenvalue weighted by molar-refractivity contribution is -0.156. The number of esters is 1. The first kappa shape index (κ1) is 17.1. The van der Waals surface area contributed by atoms with Crippen molar-refractivity contribution in [2.24, 2.45) is 11.8 Å². The van der Waals surface area contributed by atoms with E-state index >= 15 is 0 Å². The molecule has 0 radical (unpaired) electrons. The summed E-state index contributed by atoms with van der Waals surface area (Å²) in [6.07, 6.45) is 7.91. The van der Waals surface area contributed by atoms with E-state index in [1.54, 1.807) is 0 Å². The summed E-state index contributed by atoms with van der Waals surface area (Å²) in [5, 5.41) is 0. The Bertz CT molecular complexity index is 587. The van der Waals surface area contributed by atoms with E-state index < -0.39 is 0 Å². The third-order valence-electron chi connectivity index (χ3n) is 6.95. The molecular weight excluding hydrogens is 316 g/mol. The second-order valence-electron chi connectivity index (χ2n) is 8.35. The van der Waals surface area contributed by atoms with E-state index in [1.165, 1.54) is 12.8 Å².